The maximum atomic E-state index is 13.8. The van der Waals surface area contributed by atoms with Crippen molar-refractivity contribution >= 4 is 27.2 Å². The Bertz CT molecular complexity index is 1290. The lowest BCUT2D eigenvalue weighted by molar-refractivity contribution is 0.104. The van der Waals surface area contributed by atoms with Gasteiger partial charge in [-0.05, 0) is 79.5 Å². The third-order valence-corrected chi connectivity index (χ3v) is 6.70. The van der Waals surface area contributed by atoms with Crippen LogP contribution >= 0.6 is 11.3 Å². The SMILES string of the molecule is CCNCCOc1ccc(-c2c(C(=O)c3c(C)cc(F)cc3C)sc3cc(O)ccc23)cc1. The predicted molar refractivity (Wildman–Crippen MR) is 132 cm³/mol. The Hall–Kier alpha value is -3.22. The van der Waals surface area contributed by atoms with Gasteiger partial charge in [-0.1, -0.05) is 19.1 Å². The van der Waals surface area contributed by atoms with Gasteiger partial charge in [0.1, 0.15) is 23.9 Å². The van der Waals surface area contributed by atoms with Crippen molar-refractivity contribution < 1.29 is 19.0 Å². The van der Waals surface area contributed by atoms with Crippen LogP contribution in [0.2, 0.25) is 0 Å². The van der Waals surface area contributed by atoms with Crippen LogP contribution in [0, 0.1) is 19.7 Å². The van der Waals surface area contributed by atoms with Crippen LogP contribution < -0.4 is 10.1 Å². The van der Waals surface area contributed by atoms with Crippen molar-refractivity contribution in [1.82, 2.24) is 5.32 Å². The second kappa shape index (κ2) is 9.73. The Balaban J connectivity index is 1.78. The molecule has 4 rings (SSSR count). The first-order valence-corrected chi connectivity index (χ1v) is 11.7. The Morgan fingerprint density at radius 1 is 1.06 bits per heavy atom. The summed E-state index contributed by atoms with van der Waals surface area (Å²) in [7, 11) is 0. The number of fused-ring (bicyclic) bond motifs is 1. The lowest BCUT2D eigenvalue weighted by Gasteiger charge is -2.11. The highest BCUT2D eigenvalue weighted by molar-refractivity contribution is 7.21. The molecule has 0 saturated heterocycles. The lowest BCUT2D eigenvalue weighted by atomic mass is 9.94. The van der Waals surface area contributed by atoms with E-state index in [2.05, 4.69) is 5.32 Å². The molecule has 4 nitrogen and oxygen atoms in total. The summed E-state index contributed by atoms with van der Waals surface area (Å²) in [4.78, 5) is 14.3. The van der Waals surface area contributed by atoms with E-state index in [-0.39, 0.29) is 17.3 Å². The highest BCUT2D eigenvalue weighted by atomic mass is 32.1. The van der Waals surface area contributed by atoms with E-state index in [9.17, 15) is 14.3 Å². The molecule has 4 aromatic rings. The summed E-state index contributed by atoms with van der Waals surface area (Å²) in [5.41, 5.74) is 3.41. The zero-order chi connectivity index (χ0) is 23.5. The summed E-state index contributed by atoms with van der Waals surface area (Å²) in [6.45, 7) is 7.79. The number of ether oxygens (including phenoxy) is 1. The van der Waals surface area contributed by atoms with Crippen LogP contribution in [0.1, 0.15) is 33.3 Å². The number of carbonyl (C=O) groups excluding carboxylic acids is 1. The van der Waals surface area contributed by atoms with E-state index in [1.165, 1.54) is 23.5 Å². The van der Waals surface area contributed by atoms with Crippen molar-refractivity contribution in [3.8, 4) is 22.6 Å². The van der Waals surface area contributed by atoms with Gasteiger partial charge in [-0.15, -0.1) is 11.3 Å². The Labute approximate surface area is 196 Å². The smallest absolute Gasteiger partial charge is 0.204 e. The topological polar surface area (TPSA) is 58.6 Å². The van der Waals surface area contributed by atoms with Crippen molar-refractivity contribution in [2.45, 2.75) is 20.8 Å². The van der Waals surface area contributed by atoms with Crippen molar-refractivity contribution in [2.24, 2.45) is 0 Å². The first-order chi connectivity index (χ1) is 15.9. The van der Waals surface area contributed by atoms with Crippen LogP contribution in [-0.2, 0) is 0 Å². The minimum atomic E-state index is -0.354. The molecule has 1 heterocycles. The van der Waals surface area contributed by atoms with Crippen LogP contribution in [0.3, 0.4) is 0 Å². The predicted octanol–water partition coefficient (Wildman–Crippen LogP) is 6.25. The summed E-state index contributed by atoms with van der Waals surface area (Å²) in [6, 6.07) is 15.6. The number of likely N-dealkylation sites (N-methyl/N-ethyl adjacent to an activating group) is 1. The number of hydrogen-bond donors (Lipinski definition) is 2. The van der Waals surface area contributed by atoms with Gasteiger partial charge in [0.2, 0.25) is 5.78 Å². The first-order valence-electron chi connectivity index (χ1n) is 10.9. The largest absolute Gasteiger partial charge is 0.508 e. The number of thiophene rings is 1. The van der Waals surface area contributed by atoms with E-state index in [1.54, 1.807) is 26.0 Å². The number of phenols is 1. The molecule has 33 heavy (non-hydrogen) atoms. The minimum Gasteiger partial charge on any atom is -0.508 e. The van der Waals surface area contributed by atoms with Crippen molar-refractivity contribution in [3.63, 3.8) is 0 Å². The van der Waals surface area contributed by atoms with Gasteiger partial charge in [-0.25, -0.2) is 4.39 Å². The fraction of sp³-hybridized carbons (Fsp3) is 0.222. The molecule has 2 N–H and O–H groups in total. The molecule has 0 saturated carbocycles. The highest BCUT2D eigenvalue weighted by Gasteiger charge is 2.24. The number of aromatic hydroxyl groups is 1. The number of carbonyl (C=O) groups is 1. The zero-order valence-electron chi connectivity index (χ0n) is 18.9. The summed E-state index contributed by atoms with van der Waals surface area (Å²) >= 11 is 1.34. The average Bonchev–Trinajstić information content (AvgIpc) is 3.15. The summed E-state index contributed by atoms with van der Waals surface area (Å²) < 4.78 is 20.4. The second-order valence-corrected chi connectivity index (χ2v) is 9.01. The highest BCUT2D eigenvalue weighted by Crippen LogP contribution is 2.42. The molecule has 170 valence electrons. The fourth-order valence-corrected chi connectivity index (χ4v) is 5.25. The van der Waals surface area contributed by atoms with Gasteiger partial charge < -0.3 is 15.2 Å². The fourth-order valence-electron chi connectivity index (χ4n) is 4.05. The quantitative estimate of drug-likeness (QED) is 0.240. The van der Waals surface area contributed by atoms with E-state index >= 15 is 0 Å². The van der Waals surface area contributed by atoms with Crippen molar-refractivity contribution in [2.75, 3.05) is 19.7 Å². The van der Waals surface area contributed by atoms with Crippen molar-refractivity contribution in [3.05, 3.63) is 82.0 Å². The number of ketones is 1. The molecular weight excluding hydrogens is 437 g/mol. The van der Waals surface area contributed by atoms with Gasteiger partial charge >= 0.3 is 0 Å². The van der Waals surface area contributed by atoms with Crippen LogP contribution in [0.15, 0.2) is 54.6 Å². The zero-order valence-corrected chi connectivity index (χ0v) is 19.7. The van der Waals surface area contributed by atoms with E-state index in [0.717, 1.165) is 40.1 Å². The van der Waals surface area contributed by atoms with Crippen LogP contribution in [0.4, 0.5) is 4.39 Å². The van der Waals surface area contributed by atoms with E-state index < -0.39 is 0 Å². The number of halogens is 1. The monoisotopic (exact) mass is 463 g/mol. The van der Waals surface area contributed by atoms with Gasteiger partial charge in [-0.3, -0.25) is 4.79 Å². The number of nitrogens with one attached hydrogen (secondary N) is 1. The van der Waals surface area contributed by atoms with Crippen LogP contribution in [0.25, 0.3) is 21.2 Å². The number of phenolic OH excluding ortho intramolecular Hbond substituents is 1. The van der Waals surface area contributed by atoms with Gasteiger partial charge in [0.15, 0.2) is 0 Å². The first kappa shape index (κ1) is 23.0. The lowest BCUT2D eigenvalue weighted by Crippen LogP contribution is -2.20. The molecule has 0 unspecified atom stereocenters. The maximum absolute atomic E-state index is 13.8. The second-order valence-electron chi connectivity index (χ2n) is 7.96. The molecule has 0 atom stereocenters. The molecule has 3 aromatic carbocycles. The number of benzene rings is 3. The van der Waals surface area contributed by atoms with E-state index in [4.69, 9.17) is 4.74 Å². The molecule has 0 spiro atoms. The molecule has 0 bridgehead atoms. The molecular formula is C27H26FNO3S. The Morgan fingerprint density at radius 2 is 1.76 bits per heavy atom. The van der Waals surface area contributed by atoms with Gasteiger partial charge in [0, 0.05) is 27.8 Å². The third-order valence-electron chi connectivity index (χ3n) is 5.54. The molecule has 1 aromatic heterocycles. The number of aryl methyl sites for hydroxylation is 2. The molecule has 0 aliphatic carbocycles. The Kier molecular flexibility index (Phi) is 6.77. The summed E-state index contributed by atoms with van der Waals surface area (Å²) in [5.74, 6) is 0.402. The van der Waals surface area contributed by atoms with Crippen LogP contribution in [0.5, 0.6) is 11.5 Å². The molecule has 0 aliphatic rings. The molecule has 0 amide bonds. The molecule has 0 radical (unpaired) electrons. The van der Waals surface area contributed by atoms with Crippen molar-refractivity contribution in [1.29, 1.82) is 0 Å². The van der Waals surface area contributed by atoms with Crippen LogP contribution in [-0.4, -0.2) is 30.6 Å². The van der Waals surface area contributed by atoms with Gasteiger partial charge in [0.25, 0.3) is 0 Å². The standard InChI is InChI=1S/C27H26FNO3S/c1-4-29-11-12-32-21-8-5-18(6-9-21)25-22-10-7-20(30)15-23(22)33-27(25)26(31)24-16(2)13-19(28)14-17(24)3/h5-10,13-15,29-30H,4,11-12H2,1-3H3. The molecule has 0 fully saturated rings. The average molecular weight is 464 g/mol. The summed E-state index contributed by atoms with van der Waals surface area (Å²) in [6.07, 6.45) is 0. The minimum absolute atomic E-state index is 0.146. The number of rotatable bonds is 8. The number of hydrogen-bond acceptors (Lipinski definition) is 5. The third kappa shape index (κ3) is 4.77. The Morgan fingerprint density at radius 3 is 2.42 bits per heavy atom. The molecule has 6 heteroatoms. The van der Waals surface area contributed by atoms with E-state index in [0.29, 0.717) is 28.2 Å². The summed E-state index contributed by atoms with van der Waals surface area (Å²) in [5, 5.41) is 14.1. The van der Waals surface area contributed by atoms with Gasteiger partial charge in [0.05, 0.1) is 4.88 Å². The normalized spacial score (nSPS) is 11.2. The maximum Gasteiger partial charge on any atom is 0.204 e. The van der Waals surface area contributed by atoms with E-state index in [1.807, 2.05) is 37.3 Å². The van der Waals surface area contributed by atoms with Gasteiger partial charge in [-0.2, -0.15) is 0 Å². The molecule has 0 aliphatic heterocycles.